The third-order valence-corrected chi connectivity index (χ3v) is 3.79. The van der Waals surface area contributed by atoms with Crippen molar-refractivity contribution in [1.82, 2.24) is 10.2 Å². The molecule has 5 nitrogen and oxygen atoms in total. The standard InChI is InChI=1S/C16H30N2O3/c1-3-11-18(13-16(20)21-4-2)12-15(19)17-14-9-7-5-6-8-10-14/h14H,3-13H2,1-2H3,(H,17,19). The second-order valence-electron chi connectivity index (χ2n) is 5.77. The summed E-state index contributed by atoms with van der Waals surface area (Å²) in [5.74, 6) is -0.229. The van der Waals surface area contributed by atoms with Crippen LogP contribution in [0.25, 0.3) is 0 Å². The molecular formula is C16H30N2O3. The quantitative estimate of drug-likeness (QED) is 0.551. The summed E-state index contributed by atoms with van der Waals surface area (Å²) in [7, 11) is 0. The van der Waals surface area contributed by atoms with E-state index in [1.54, 1.807) is 6.92 Å². The number of rotatable bonds is 8. The first-order valence-electron chi connectivity index (χ1n) is 8.33. The molecule has 0 unspecified atom stereocenters. The summed E-state index contributed by atoms with van der Waals surface area (Å²) in [6.07, 6.45) is 8.03. The Morgan fingerprint density at radius 3 is 2.33 bits per heavy atom. The van der Waals surface area contributed by atoms with Crippen molar-refractivity contribution in [2.75, 3.05) is 26.2 Å². The Kier molecular flexibility index (Phi) is 9.06. The maximum Gasteiger partial charge on any atom is 0.320 e. The van der Waals surface area contributed by atoms with Crippen molar-refractivity contribution in [3.05, 3.63) is 0 Å². The van der Waals surface area contributed by atoms with Crippen LogP contribution >= 0.6 is 0 Å². The maximum absolute atomic E-state index is 12.1. The molecule has 21 heavy (non-hydrogen) atoms. The number of hydrogen-bond donors (Lipinski definition) is 1. The van der Waals surface area contributed by atoms with E-state index in [0.29, 0.717) is 12.6 Å². The Labute approximate surface area is 128 Å². The average Bonchev–Trinajstić information content (AvgIpc) is 2.67. The van der Waals surface area contributed by atoms with Crippen LogP contribution in [0.1, 0.15) is 58.8 Å². The van der Waals surface area contributed by atoms with Gasteiger partial charge in [0.1, 0.15) is 0 Å². The minimum Gasteiger partial charge on any atom is -0.465 e. The van der Waals surface area contributed by atoms with Crippen molar-refractivity contribution in [1.29, 1.82) is 0 Å². The molecule has 0 aliphatic heterocycles. The SMILES string of the molecule is CCCN(CC(=O)NC1CCCCCC1)CC(=O)OCC. The summed E-state index contributed by atoms with van der Waals surface area (Å²) in [4.78, 5) is 25.6. The molecule has 1 rings (SSSR count). The van der Waals surface area contributed by atoms with E-state index < -0.39 is 0 Å². The van der Waals surface area contributed by atoms with E-state index in [1.165, 1.54) is 25.7 Å². The molecule has 1 aliphatic rings. The van der Waals surface area contributed by atoms with Gasteiger partial charge in [-0.05, 0) is 32.7 Å². The van der Waals surface area contributed by atoms with Crippen molar-refractivity contribution < 1.29 is 14.3 Å². The van der Waals surface area contributed by atoms with Crippen LogP contribution in [0.3, 0.4) is 0 Å². The van der Waals surface area contributed by atoms with E-state index in [4.69, 9.17) is 4.74 Å². The second kappa shape index (κ2) is 10.6. The topological polar surface area (TPSA) is 58.6 Å². The van der Waals surface area contributed by atoms with E-state index in [2.05, 4.69) is 5.32 Å². The Morgan fingerprint density at radius 2 is 1.76 bits per heavy atom. The van der Waals surface area contributed by atoms with Crippen LogP contribution in [-0.4, -0.2) is 49.1 Å². The highest BCUT2D eigenvalue weighted by Gasteiger charge is 2.18. The van der Waals surface area contributed by atoms with Gasteiger partial charge >= 0.3 is 5.97 Å². The third kappa shape index (κ3) is 8.05. The van der Waals surface area contributed by atoms with Gasteiger partial charge in [0.2, 0.25) is 5.91 Å². The van der Waals surface area contributed by atoms with E-state index in [9.17, 15) is 9.59 Å². The van der Waals surface area contributed by atoms with Gasteiger partial charge in [0.25, 0.3) is 0 Å². The normalized spacial score (nSPS) is 16.5. The number of amides is 1. The number of esters is 1. The summed E-state index contributed by atoms with van der Waals surface area (Å²) >= 11 is 0. The van der Waals surface area contributed by atoms with Gasteiger partial charge in [-0.3, -0.25) is 14.5 Å². The fourth-order valence-electron chi connectivity index (χ4n) is 2.82. The zero-order valence-corrected chi connectivity index (χ0v) is 13.5. The second-order valence-corrected chi connectivity index (χ2v) is 5.77. The summed E-state index contributed by atoms with van der Waals surface area (Å²) < 4.78 is 4.95. The fourth-order valence-corrected chi connectivity index (χ4v) is 2.82. The van der Waals surface area contributed by atoms with Gasteiger partial charge in [0, 0.05) is 6.04 Å². The Hall–Kier alpha value is -1.10. The lowest BCUT2D eigenvalue weighted by atomic mass is 10.1. The van der Waals surface area contributed by atoms with Crippen LogP contribution in [0.15, 0.2) is 0 Å². The molecule has 0 saturated heterocycles. The molecule has 0 spiro atoms. The van der Waals surface area contributed by atoms with Crippen molar-refractivity contribution in [3.8, 4) is 0 Å². The van der Waals surface area contributed by atoms with E-state index in [1.807, 2.05) is 11.8 Å². The molecule has 0 aromatic rings. The Balaban J connectivity index is 2.37. The van der Waals surface area contributed by atoms with Gasteiger partial charge in [0.15, 0.2) is 0 Å². The lowest BCUT2D eigenvalue weighted by Gasteiger charge is -2.22. The summed E-state index contributed by atoms with van der Waals surface area (Å²) in [6, 6.07) is 0.311. The van der Waals surface area contributed by atoms with Crippen molar-refractivity contribution in [2.24, 2.45) is 0 Å². The highest BCUT2D eigenvalue weighted by atomic mass is 16.5. The van der Waals surface area contributed by atoms with Crippen LogP contribution in [-0.2, 0) is 14.3 Å². The van der Waals surface area contributed by atoms with Gasteiger partial charge in [-0.1, -0.05) is 32.6 Å². The third-order valence-electron chi connectivity index (χ3n) is 3.79. The number of carbonyl (C=O) groups is 2. The summed E-state index contributed by atoms with van der Waals surface area (Å²) in [6.45, 7) is 5.43. The number of hydrogen-bond acceptors (Lipinski definition) is 4. The summed E-state index contributed by atoms with van der Waals surface area (Å²) in [5, 5.41) is 3.12. The van der Waals surface area contributed by atoms with E-state index >= 15 is 0 Å². The molecule has 1 amide bonds. The molecule has 1 N–H and O–H groups in total. The molecule has 1 aliphatic carbocycles. The average molecular weight is 298 g/mol. The van der Waals surface area contributed by atoms with Gasteiger partial charge in [-0.25, -0.2) is 0 Å². The van der Waals surface area contributed by atoms with Crippen molar-refractivity contribution in [2.45, 2.75) is 64.8 Å². The van der Waals surface area contributed by atoms with E-state index in [-0.39, 0.29) is 25.0 Å². The minimum atomic E-state index is -0.256. The van der Waals surface area contributed by atoms with Gasteiger partial charge in [-0.2, -0.15) is 0 Å². The van der Waals surface area contributed by atoms with Crippen LogP contribution in [0.5, 0.6) is 0 Å². The van der Waals surface area contributed by atoms with Crippen molar-refractivity contribution >= 4 is 11.9 Å². The molecule has 1 fully saturated rings. The van der Waals surface area contributed by atoms with Crippen LogP contribution in [0.2, 0.25) is 0 Å². The van der Waals surface area contributed by atoms with Gasteiger partial charge in [0.05, 0.1) is 19.7 Å². The molecule has 0 bridgehead atoms. The summed E-state index contributed by atoms with van der Waals surface area (Å²) in [5.41, 5.74) is 0. The maximum atomic E-state index is 12.1. The zero-order valence-electron chi connectivity index (χ0n) is 13.5. The number of nitrogens with zero attached hydrogens (tertiary/aromatic N) is 1. The fraction of sp³-hybridized carbons (Fsp3) is 0.875. The largest absolute Gasteiger partial charge is 0.465 e. The van der Waals surface area contributed by atoms with Gasteiger partial charge in [-0.15, -0.1) is 0 Å². The molecule has 122 valence electrons. The molecule has 0 aromatic heterocycles. The highest BCUT2D eigenvalue weighted by Crippen LogP contribution is 2.17. The first kappa shape index (κ1) is 18.0. The molecule has 1 saturated carbocycles. The zero-order chi connectivity index (χ0) is 15.5. The molecule has 0 radical (unpaired) electrons. The number of carbonyl (C=O) groups excluding carboxylic acids is 2. The predicted octanol–water partition coefficient (Wildman–Crippen LogP) is 2.10. The monoisotopic (exact) mass is 298 g/mol. The molecular weight excluding hydrogens is 268 g/mol. The lowest BCUT2D eigenvalue weighted by Crippen LogP contribution is -2.44. The predicted molar refractivity (Wildman–Crippen MR) is 83.0 cm³/mol. The molecule has 0 aromatic carbocycles. The highest BCUT2D eigenvalue weighted by molar-refractivity contribution is 5.79. The number of nitrogens with one attached hydrogen (secondary N) is 1. The Morgan fingerprint density at radius 1 is 1.10 bits per heavy atom. The Bertz CT molecular complexity index is 313. The molecule has 0 atom stereocenters. The van der Waals surface area contributed by atoms with Crippen LogP contribution in [0.4, 0.5) is 0 Å². The lowest BCUT2D eigenvalue weighted by molar-refractivity contribution is -0.144. The van der Waals surface area contributed by atoms with E-state index in [0.717, 1.165) is 25.8 Å². The van der Waals surface area contributed by atoms with Crippen LogP contribution in [0, 0.1) is 0 Å². The first-order chi connectivity index (χ1) is 10.2. The minimum absolute atomic E-state index is 0.0275. The smallest absolute Gasteiger partial charge is 0.320 e. The first-order valence-corrected chi connectivity index (χ1v) is 8.33. The number of ether oxygens (including phenoxy) is 1. The van der Waals surface area contributed by atoms with Crippen molar-refractivity contribution in [3.63, 3.8) is 0 Å². The van der Waals surface area contributed by atoms with Gasteiger partial charge < -0.3 is 10.1 Å². The van der Waals surface area contributed by atoms with Crippen LogP contribution < -0.4 is 5.32 Å². The molecule has 5 heteroatoms. The molecule has 0 heterocycles.